The first-order chi connectivity index (χ1) is 8.47. The van der Waals surface area contributed by atoms with Crippen LogP contribution in [0.2, 0.25) is 0 Å². The number of benzene rings is 2. The van der Waals surface area contributed by atoms with Crippen LogP contribution in [0, 0.1) is 20.8 Å². The van der Waals surface area contributed by atoms with Gasteiger partial charge in [-0.15, -0.1) is 0 Å². The molecular weight excluding hydrogens is 288 g/mol. The summed E-state index contributed by atoms with van der Waals surface area (Å²) in [6, 6.07) is 12.1. The van der Waals surface area contributed by atoms with Crippen molar-refractivity contribution in [1.82, 2.24) is 0 Å². The maximum absolute atomic E-state index is 10.4. The molecule has 2 heteroatoms. The third-order valence-electron chi connectivity index (χ3n) is 3.23. The van der Waals surface area contributed by atoms with Gasteiger partial charge in [-0.05, 0) is 60.7 Å². The van der Waals surface area contributed by atoms with Crippen LogP contribution in [0.5, 0.6) is 0 Å². The summed E-state index contributed by atoms with van der Waals surface area (Å²) in [7, 11) is 0. The number of aliphatic hydroxyl groups is 1. The van der Waals surface area contributed by atoms with Crippen LogP contribution in [0.25, 0.3) is 0 Å². The summed E-state index contributed by atoms with van der Waals surface area (Å²) in [4.78, 5) is 0. The van der Waals surface area contributed by atoms with E-state index in [1.165, 1.54) is 11.1 Å². The highest BCUT2D eigenvalue weighted by molar-refractivity contribution is 9.10. The minimum absolute atomic E-state index is 0.569. The zero-order valence-electron chi connectivity index (χ0n) is 10.9. The average Bonchev–Trinajstić information content (AvgIpc) is 2.30. The highest BCUT2D eigenvalue weighted by Crippen LogP contribution is 2.27. The monoisotopic (exact) mass is 304 g/mol. The van der Waals surface area contributed by atoms with Crippen molar-refractivity contribution in [2.45, 2.75) is 26.9 Å². The lowest BCUT2D eigenvalue weighted by atomic mass is 9.97. The van der Waals surface area contributed by atoms with E-state index in [1.54, 1.807) is 0 Å². The van der Waals surface area contributed by atoms with Gasteiger partial charge in [-0.25, -0.2) is 0 Å². The van der Waals surface area contributed by atoms with Gasteiger partial charge in [0.15, 0.2) is 0 Å². The molecule has 2 aromatic rings. The molecule has 0 aliphatic rings. The number of aryl methyl sites for hydroxylation is 3. The van der Waals surface area contributed by atoms with Crippen molar-refractivity contribution in [2.75, 3.05) is 0 Å². The van der Waals surface area contributed by atoms with Crippen LogP contribution >= 0.6 is 15.9 Å². The first kappa shape index (κ1) is 13.3. The number of halogens is 1. The van der Waals surface area contributed by atoms with Gasteiger partial charge in [-0.2, -0.15) is 0 Å². The lowest BCUT2D eigenvalue weighted by Crippen LogP contribution is -2.01. The maximum atomic E-state index is 10.4. The molecule has 18 heavy (non-hydrogen) atoms. The summed E-state index contributed by atoms with van der Waals surface area (Å²) in [5.41, 5.74) is 5.46. The van der Waals surface area contributed by atoms with Crippen LogP contribution in [0.15, 0.2) is 40.9 Å². The van der Waals surface area contributed by atoms with Crippen LogP contribution < -0.4 is 0 Å². The van der Waals surface area contributed by atoms with Crippen LogP contribution in [0.1, 0.15) is 33.9 Å². The molecule has 0 amide bonds. The zero-order chi connectivity index (χ0) is 13.3. The van der Waals surface area contributed by atoms with E-state index in [0.717, 1.165) is 21.2 Å². The van der Waals surface area contributed by atoms with Crippen molar-refractivity contribution in [3.8, 4) is 0 Å². The van der Waals surface area contributed by atoms with Crippen LogP contribution in [0.3, 0.4) is 0 Å². The Kier molecular flexibility index (Phi) is 3.88. The van der Waals surface area contributed by atoms with Crippen molar-refractivity contribution in [1.29, 1.82) is 0 Å². The third-order valence-corrected chi connectivity index (χ3v) is 3.68. The molecule has 0 fully saturated rings. The van der Waals surface area contributed by atoms with Gasteiger partial charge in [0.1, 0.15) is 6.10 Å². The van der Waals surface area contributed by atoms with Crippen molar-refractivity contribution in [3.63, 3.8) is 0 Å². The van der Waals surface area contributed by atoms with E-state index in [9.17, 15) is 5.11 Å². The summed E-state index contributed by atoms with van der Waals surface area (Å²) in [5, 5.41) is 10.4. The summed E-state index contributed by atoms with van der Waals surface area (Å²) >= 11 is 3.47. The molecule has 1 nitrogen and oxygen atoms in total. The second-order valence-corrected chi connectivity index (χ2v) is 5.72. The Balaban J connectivity index is 2.40. The molecule has 0 aromatic heterocycles. The molecule has 0 aliphatic carbocycles. The van der Waals surface area contributed by atoms with E-state index in [0.29, 0.717) is 0 Å². The Morgan fingerprint density at radius 1 is 0.889 bits per heavy atom. The van der Waals surface area contributed by atoms with Crippen LogP contribution in [-0.2, 0) is 0 Å². The molecule has 2 rings (SSSR count). The Morgan fingerprint density at radius 2 is 1.61 bits per heavy atom. The summed E-state index contributed by atoms with van der Waals surface area (Å²) in [6.45, 7) is 6.17. The molecule has 2 aromatic carbocycles. The van der Waals surface area contributed by atoms with Gasteiger partial charge >= 0.3 is 0 Å². The summed E-state index contributed by atoms with van der Waals surface area (Å²) < 4.78 is 1.00. The van der Waals surface area contributed by atoms with Gasteiger partial charge < -0.3 is 5.11 Å². The normalized spacial score (nSPS) is 12.5. The molecule has 0 saturated carbocycles. The van der Waals surface area contributed by atoms with Gasteiger partial charge in [0.25, 0.3) is 0 Å². The molecule has 0 radical (unpaired) electrons. The minimum atomic E-state index is -0.569. The molecule has 0 heterocycles. The van der Waals surface area contributed by atoms with Crippen molar-refractivity contribution in [2.24, 2.45) is 0 Å². The molecule has 1 unspecified atom stereocenters. The third kappa shape index (κ3) is 2.82. The maximum Gasteiger partial charge on any atom is 0.104 e. The van der Waals surface area contributed by atoms with Gasteiger partial charge in [0.05, 0.1) is 0 Å². The summed E-state index contributed by atoms with van der Waals surface area (Å²) in [5.74, 6) is 0. The predicted octanol–water partition coefficient (Wildman–Crippen LogP) is 4.46. The van der Waals surface area contributed by atoms with Gasteiger partial charge in [-0.3, -0.25) is 0 Å². The van der Waals surface area contributed by atoms with E-state index in [1.807, 2.05) is 31.2 Å². The van der Waals surface area contributed by atoms with E-state index >= 15 is 0 Å². The van der Waals surface area contributed by atoms with Crippen molar-refractivity contribution < 1.29 is 5.11 Å². The fourth-order valence-electron chi connectivity index (χ4n) is 2.05. The van der Waals surface area contributed by atoms with E-state index in [-0.39, 0.29) is 0 Å². The number of hydrogen-bond acceptors (Lipinski definition) is 1. The second kappa shape index (κ2) is 5.25. The quantitative estimate of drug-likeness (QED) is 0.868. The van der Waals surface area contributed by atoms with E-state index < -0.39 is 6.10 Å². The molecule has 0 aliphatic heterocycles. The fourth-order valence-corrected chi connectivity index (χ4v) is 2.68. The minimum Gasteiger partial charge on any atom is -0.384 e. The van der Waals surface area contributed by atoms with Crippen molar-refractivity contribution >= 4 is 15.9 Å². The SMILES string of the molecule is Cc1cc(Br)cc(C(O)c2ccc(C)c(C)c2)c1. The van der Waals surface area contributed by atoms with Crippen LogP contribution in [-0.4, -0.2) is 5.11 Å². The first-order valence-corrected chi connectivity index (χ1v) is 6.79. The molecule has 0 saturated heterocycles. The van der Waals surface area contributed by atoms with E-state index in [2.05, 4.69) is 41.9 Å². The predicted molar refractivity (Wildman–Crippen MR) is 78.9 cm³/mol. The first-order valence-electron chi connectivity index (χ1n) is 5.99. The second-order valence-electron chi connectivity index (χ2n) is 4.81. The molecule has 94 valence electrons. The lowest BCUT2D eigenvalue weighted by molar-refractivity contribution is 0.220. The molecular formula is C16H17BrO. The Morgan fingerprint density at radius 3 is 2.22 bits per heavy atom. The zero-order valence-corrected chi connectivity index (χ0v) is 12.5. The number of aliphatic hydroxyl groups excluding tert-OH is 1. The van der Waals surface area contributed by atoms with Crippen LogP contribution in [0.4, 0.5) is 0 Å². The number of hydrogen-bond donors (Lipinski definition) is 1. The van der Waals surface area contributed by atoms with Gasteiger partial charge in [0.2, 0.25) is 0 Å². The Hall–Kier alpha value is -1.12. The molecule has 0 spiro atoms. The smallest absolute Gasteiger partial charge is 0.104 e. The average molecular weight is 305 g/mol. The Labute approximate surface area is 117 Å². The van der Waals surface area contributed by atoms with Crippen molar-refractivity contribution in [3.05, 3.63) is 68.7 Å². The standard InChI is InChI=1S/C16H17BrO/c1-10-6-14(9-15(17)7-10)16(18)13-5-4-11(2)12(3)8-13/h4-9,16,18H,1-3H3. The molecule has 1 N–H and O–H groups in total. The van der Waals surface area contributed by atoms with Gasteiger partial charge in [0, 0.05) is 4.47 Å². The Bertz CT molecular complexity index is 555. The fraction of sp³-hybridized carbons (Fsp3) is 0.250. The lowest BCUT2D eigenvalue weighted by Gasteiger charge is -2.14. The highest BCUT2D eigenvalue weighted by atomic mass is 79.9. The molecule has 1 atom stereocenters. The largest absolute Gasteiger partial charge is 0.384 e. The molecule has 0 bridgehead atoms. The number of rotatable bonds is 2. The topological polar surface area (TPSA) is 20.2 Å². The highest BCUT2D eigenvalue weighted by Gasteiger charge is 2.12. The van der Waals surface area contributed by atoms with Gasteiger partial charge in [-0.1, -0.05) is 40.2 Å². The van der Waals surface area contributed by atoms with E-state index in [4.69, 9.17) is 0 Å². The summed E-state index contributed by atoms with van der Waals surface area (Å²) in [6.07, 6.45) is -0.569.